The Bertz CT molecular complexity index is 797. The van der Waals surface area contributed by atoms with Gasteiger partial charge in [-0.05, 0) is 67.5 Å². The van der Waals surface area contributed by atoms with Gasteiger partial charge >= 0.3 is 5.97 Å². The summed E-state index contributed by atoms with van der Waals surface area (Å²) < 4.78 is 12.0. The van der Waals surface area contributed by atoms with Crippen LogP contribution in [-0.4, -0.2) is 17.7 Å². The van der Waals surface area contributed by atoms with Crippen LogP contribution >= 0.6 is 0 Å². The Labute approximate surface area is 161 Å². The van der Waals surface area contributed by atoms with Crippen molar-refractivity contribution in [2.24, 2.45) is 0 Å². The highest BCUT2D eigenvalue weighted by molar-refractivity contribution is 5.68. The summed E-state index contributed by atoms with van der Waals surface area (Å²) in [6, 6.07) is 14.1. The fourth-order valence-corrected chi connectivity index (χ4v) is 4.04. The van der Waals surface area contributed by atoms with Gasteiger partial charge in [-0.1, -0.05) is 37.3 Å². The Kier molecular flexibility index (Phi) is 5.85. The summed E-state index contributed by atoms with van der Waals surface area (Å²) in [5.74, 6) is -0.0757. The molecule has 4 nitrogen and oxygen atoms in total. The average Bonchev–Trinajstić information content (AvgIpc) is 3.05. The summed E-state index contributed by atoms with van der Waals surface area (Å²) in [4.78, 5) is 11.2. The van der Waals surface area contributed by atoms with Gasteiger partial charge in [-0.3, -0.25) is 4.79 Å². The summed E-state index contributed by atoms with van der Waals surface area (Å²) in [6.45, 7) is 6.34. The Morgan fingerprint density at radius 2 is 1.93 bits per heavy atom. The van der Waals surface area contributed by atoms with Crippen molar-refractivity contribution in [2.45, 2.75) is 58.2 Å². The molecule has 1 aliphatic rings. The molecule has 27 heavy (non-hydrogen) atoms. The fraction of sp³-hybridized carbons (Fsp3) is 0.435. The molecule has 0 amide bonds. The summed E-state index contributed by atoms with van der Waals surface area (Å²) in [7, 11) is 0. The molecule has 2 aromatic carbocycles. The predicted molar refractivity (Wildman–Crippen MR) is 105 cm³/mol. The zero-order chi connectivity index (χ0) is 19.4. The second-order valence-corrected chi connectivity index (χ2v) is 7.24. The Morgan fingerprint density at radius 3 is 2.56 bits per heavy atom. The van der Waals surface area contributed by atoms with Gasteiger partial charge in [0.25, 0.3) is 0 Å². The van der Waals surface area contributed by atoms with Crippen molar-refractivity contribution in [3.8, 4) is 5.75 Å². The van der Waals surface area contributed by atoms with Gasteiger partial charge in [-0.15, -0.1) is 0 Å². The number of carbonyl (C=O) groups is 1. The number of benzene rings is 2. The first-order valence-electron chi connectivity index (χ1n) is 9.70. The van der Waals surface area contributed by atoms with E-state index in [-0.39, 0.29) is 12.5 Å². The number of hydrogen-bond acceptors (Lipinski definition) is 3. The normalized spacial score (nSPS) is 18.0. The number of carboxylic acids is 1. The molecule has 1 aliphatic carbocycles. The van der Waals surface area contributed by atoms with E-state index in [1.54, 1.807) is 0 Å². The van der Waals surface area contributed by atoms with Crippen LogP contribution in [0.15, 0.2) is 42.5 Å². The van der Waals surface area contributed by atoms with E-state index in [0.717, 1.165) is 30.6 Å². The van der Waals surface area contributed by atoms with Crippen molar-refractivity contribution in [3.05, 3.63) is 64.7 Å². The number of carboxylic acid groups (broad SMARTS) is 1. The number of hydrogen-bond donors (Lipinski definition) is 1. The van der Waals surface area contributed by atoms with Crippen LogP contribution in [0.25, 0.3) is 0 Å². The first kappa shape index (κ1) is 19.4. The smallest absolute Gasteiger partial charge is 0.306 e. The second-order valence-electron chi connectivity index (χ2n) is 7.24. The van der Waals surface area contributed by atoms with E-state index in [1.165, 1.54) is 16.7 Å². The van der Waals surface area contributed by atoms with E-state index in [2.05, 4.69) is 25.1 Å². The van der Waals surface area contributed by atoms with Crippen molar-refractivity contribution >= 4 is 5.97 Å². The van der Waals surface area contributed by atoms with E-state index in [1.807, 2.05) is 38.1 Å². The minimum absolute atomic E-state index is 0.0726. The highest BCUT2D eigenvalue weighted by Gasteiger charge is 2.31. The molecule has 1 unspecified atom stereocenters. The van der Waals surface area contributed by atoms with Crippen molar-refractivity contribution < 1.29 is 19.4 Å². The van der Waals surface area contributed by atoms with Crippen molar-refractivity contribution in [1.82, 2.24) is 0 Å². The van der Waals surface area contributed by atoms with Gasteiger partial charge in [-0.25, -0.2) is 0 Å². The van der Waals surface area contributed by atoms with Crippen LogP contribution in [0.1, 0.15) is 62.0 Å². The van der Waals surface area contributed by atoms with E-state index in [4.69, 9.17) is 9.47 Å². The van der Waals surface area contributed by atoms with Crippen LogP contribution in [0, 0.1) is 0 Å². The molecule has 2 aromatic rings. The number of ether oxygens (including phenoxy) is 2. The van der Waals surface area contributed by atoms with E-state index < -0.39 is 11.6 Å². The number of aryl methyl sites for hydroxylation is 1. The van der Waals surface area contributed by atoms with Crippen LogP contribution < -0.4 is 4.74 Å². The van der Waals surface area contributed by atoms with Gasteiger partial charge in [0.1, 0.15) is 17.5 Å². The van der Waals surface area contributed by atoms with Crippen LogP contribution in [-0.2, 0) is 28.0 Å². The molecule has 0 fully saturated rings. The number of fused-ring (bicyclic) bond motifs is 1. The molecular formula is C23H28O4. The summed E-state index contributed by atoms with van der Waals surface area (Å²) in [6.07, 6.45) is 3.10. The fourth-order valence-electron chi connectivity index (χ4n) is 4.04. The van der Waals surface area contributed by atoms with Crippen molar-refractivity contribution in [3.63, 3.8) is 0 Å². The van der Waals surface area contributed by atoms with E-state index >= 15 is 0 Å². The summed E-state index contributed by atoms with van der Waals surface area (Å²) >= 11 is 0. The molecule has 0 heterocycles. The largest absolute Gasteiger partial charge is 0.486 e. The third-order valence-electron chi connectivity index (χ3n) is 5.39. The van der Waals surface area contributed by atoms with Crippen LogP contribution in [0.5, 0.6) is 5.75 Å². The molecule has 3 rings (SSSR count). The van der Waals surface area contributed by atoms with Gasteiger partial charge < -0.3 is 14.6 Å². The molecule has 2 atom stereocenters. The zero-order valence-electron chi connectivity index (χ0n) is 16.3. The van der Waals surface area contributed by atoms with E-state index in [9.17, 15) is 9.90 Å². The lowest BCUT2D eigenvalue weighted by atomic mass is 9.92. The van der Waals surface area contributed by atoms with Crippen LogP contribution in [0.4, 0.5) is 0 Å². The molecule has 4 heteroatoms. The van der Waals surface area contributed by atoms with Gasteiger partial charge in [0, 0.05) is 6.61 Å². The van der Waals surface area contributed by atoms with Crippen molar-refractivity contribution in [1.29, 1.82) is 0 Å². The molecule has 0 saturated carbocycles. The van der Waals surface area contributed by atoms with Gasteiger partial charge in [0.2, 0.25) is 0 Å². The van der Waals surface area contributed by atoms with Crippen molar-refractivity contribution in [2.75, 3.05) is 6.61 Å². The number of rotatable bonds is 8. The average molecular weight is 368 g/mol. The van der Waals surface area contributed by atoms with Gasteiger partial charge in [0.05, 0.1) is 6.42 Å². The predicted octanol–water partition coefficient (Wildman–Crippen LogP) is 5.04. The minimum Gasteiger partial charge on any atom is -0.486 e. The molecule has 144 valence electrons. The van der Waals surface area contributed by atoms with Gasteiger partial charge in [-0.2, -0.15) is 0 Å². The minimum atomic E-state index is -0.874. The van der Waals surface area contributed by atoms with Crippen LogP contribution in [0.3, 0.4) is 0 Å². The highest BCUT2D eigenvalue weighted by Crippen LogP contribution is 2.37. The lowest BCUT2D eigenvalue weighted by molar-refractivity contribution is -0.145. The Morgan fingerprint density at radius 1 is 1.19 bits per heavy atom. The Hall–Kier alpha value is -2.33. The topological polar surface area (TPSA) is 55.8 Å². The molecular weight excluding hydrogens is 340 g/mol. The zero-order valence-corrected chi connectivity index (χ0v) is 16.3. The maximum absolute atomic E-state index is 11.2. The monoisotopic (exact) mass is 368 g/mol. The lowest BCUT2D eigenvalue weighted by Gasteiger charge is -2.28. The van der Waals surface area contributed by atoms with Gasteiger partial charge in [0.15, 0.2) is 0 Å². The highest BCUT2D eigenvalue weighted by atomic mass is 16.5. The van der Waals surface area contributed by atoms with Crippen LogP contribution in [0.2, 0.25) is 0 Å². The summed E-state index contributed by atoms with van der Waals surface area (Å²) in [5.41, 5.74) is 4.15. The Balaban J connectivity index is 1.77. The van der Waals surface area contributed by atoms with E-state index in [0.29, 0.717) is 6.61 Å². The first-order valence-corrected chi connectivity index (χ1v) is 9.70. The maximum Gasteiger partial charge on any atom is 0.306 e. The second kappa shape index (κ2) is 8.13. The third-order valence-corrected chi connectivity index (χ3v) is 5.39. The summed E-state index contributed by atoms with van der Waals surface area (Å²) in [5, 5.41) is 9.21. The first-order chi connectivity index (χ1) is 13.0. The SMILES string of the molecule is CCO[C@@](C)(CC(=O)O)c1ccc(OC2CCc3c(CC)cccc32)cc1. The third kappa shape index (κ3) is 4.16. The molecule has 0 bridgehead atoms. The number of aliphatic carboxylic acids is 1. The molecule has 0 radical (unpaired) electrons. The lowest BCUT2D eigenvalue weighted by Crippen LogP contribution is -2.29. The molecule has 0 aromatic heterocycles. The maximum atomic E-state index is 11.2. The quantitative estimate of drug-likeness (QED) is 0.709. The molecule has 0 spiro atoms. The molecule has 1 N–H and O–H groups in total. The molecule has 0 saturated heterocycles. The standard InChI is InChI=1S/C23H28O4/c1-4-16-7-6-8-20-19(16)13-14-21(20)27-18-11-9-17(10-12-18)23(3,26-5-2)15-22(24)25/h6-12,21H,4-5,13-15H2,1-3H3,(H,24,25)/t21?,23-/m0/s1. The molecule has 0 aliphatic heterocycles.